The van der Waals surface area contributed by atoms with Crippen molar-refractivity contribution in [3.8, 4) is 0 Å². The number of carbonyl (C=O) groups is 3. The quantitative estimate of drug-likeness (QED) is 0.350. The molecule has 2 atom stereocenters. The number of carbonyl (C=O) groups excluding carboxylic acids is 3. The molecule has 0 aliphatic carbocycles. The third kappa shape index (κ3) is 7.80. The van der Waals surface area contributed by atoms with Crippen molar-refractivity contribution in [2.45, 2.75) is 71.7 Å². The van der Waals surface area contributed by atoms with E-state index in [0.717, 1.165) is 22.8 Å². The van der Waals surface area contributed by atoms with Crippen molar-refractivity contribution in [1.82, 2.24) is 10.2 Å². The number of amides is 3. The minimum atomic E-state index is -1.30. The molecule has 2 unspecified atom stereocenters. The van der Waals surface area contributed by atoms with Gasteiger partial charge in [0.25, 0.3) is 5.91 Å². The average Bonchev–Trinajstić information content (AvgIpc) is 2.88. The normalized spacial score (nSPS) is 13.0. The van der Waals surface area contributed by atoms with Crippen LogP contribution in [0.5, 0.6) is 0 Å². The van der Waals surface area contributed by atoms with Gasteiger partial charge < -0.3 is 25.4 Å². The average molecular weight is 534 g/mol. The summed E-state index contributed by atoms with van der Waals surface area (Å²) in [4.78, 5) is 41.5. The number of aryl methyl sites for hydroxylation is 1. The Balaban J connectivity index is 1.98. The van der Waals surface area contributed by atoms with Crippen LogP contribution in [-0.4, -0.2) is 52.2 Å². The van der Waals surface area contributed by atoms with E-state index in [9.17, 15) is 19.5 Å². The molecule has 3 N–H and O–H groups in total. The van der Waals surface area contributed by atoms with Crippen LogP contribution in [0, 0.1) is 0 Å². The molecule has 3 rings (SSSR count). The smallest absolute Gasteiger partial charge is 0.408 e. The predicted molar refractivity (Wildman–Crippen MR) is 153 cm³/mol. The number of hydrogen-bond acceptors (Lipinski definition) is 5. The number of benzene rings is 3. The second kappa shape index (κ2) is 12.8. The number of alkyl carbamates (subject to hydrolysis) is 1. The third-order valence-corrected chi connectivity index (χ3v) is 6.23. The first kappa shape index (κ1) is 29.6. The molecule has 0 radical (unpaired) electrons. The van der Waals surface area contributed by atoms with Gasteiger partial charge in [0.15, 0.2) is 0 Å². The van der Waals surface area contributed by atoms with Crippen molar-refractivity contribution in [2.24, 2.45) is 0 Å². The molecule has 0 bridgehead atoms. The maximum atomic E-state index is 13.9. The zero-order valence-electron chi connectivity index (χ0n) is 23.5. The Morgan fingerprint density at radius 1 is 0.949 bits per heavy atom. The summed E-state index contributed by atoms with van der Waals surface area (Å²) in [7, 11) is 0. The molecule has 0 aliphatic heterocycles. The summed E-state index contributed by atoms with van der Waals surface area (Å²) in [6.07, 6.45) is -0.00365. The number of ether oxygens (including phenoxy) is 1. The molecule has 39 heavy (non-hydrogen) atoms. The van der Waals surface area contributed by atoms with E-state index in [-0.39, 0.29) is 0 Å². The van der Waals surface area contributed by atoms with Crippen LogP contribution in [0.2, 0.25) is 0 Å². The van der Waals surface area contributed by atoms with E-state index >= 15 is 0 Å². The highest BCUT2D eigenvalue weighted by Gasteiger charge is 2.37. The molecule has 8 nitrogen and oxygen atoms in total. The Kier molecular flexibility index (Phi) is 9.70. The van der Waals surface area contributed by atoms with Crippen molar-refractivity contribution >= 4 is 34.4 Å². The number of nitrogens with zero attached hydrogens (tertiary/aromatic N) is 1. The second-order valence-corrected chi connectivity index (χ2v) is 10.8. The zero-order chi connectivity index (χ0) is 28.7. The molecule has 0 aromatic heterocycles. The lowest BCUT2D eigenvalue weighted by Gasteiger charge is -2.37. The highest BCUT2D eigenvalue weighted by Crippen LogP contribution is 2.28. The first-order valence-corrected chi connectivity index (χ1v) is 13.2. The Labute approximate surface area is 230 Å². The van der Waals surface area contributed by atoms with Gasteiger partial charge in [-0.3, -0.25) is 9.59 Å². The van der Waals surface area contributed by atoms with Crippen LogP contribution in [0.15, 0.2) is 66.7 Å². The number of rotatable bonds is 9. The SMILES string of the molecule is CCc1ccc(C(C(=O)Nc2ccc3ccccc3c2)N(C(=O)C(CO)NC(=O)OC(C)(C)C)C(C)C)cc1. The fraction of sp³-hybridized carbons (Fsp3) is 0.387. The molecule has 3 amide bonds. The van der Waals surface area contributed by atoms with E-state index in [4.69, 9.17) is 4.74 Å². The first-order valence-electron chi connectivity index (χ1n) is 13.2. The fourth-order valence-corrected chi connectivity index (χ4v) is 4.35. The van der Waals surface area contributed by atoms with Gasteiger partial charge in [-0.25, -0.2) is 4.79 Å². The van der Waals surface area contributed by atoms with Gasteiger partial charge in [0, 0.05) is 11.7 Å². The molecular formula is C31H39N3O5. The van der Waals surface area contributed by atoms with Gasteiger partial charge in [-0.05, 0) is 75.1 Å². The molecule has 8 heteroatoms. The number of fused-ring (bicyclic) bond motifs is 1. The summed E-state index contributed by atoms with van der Waals surface area (Å²) in [5.41, 5.74) is 1.51. The van der Waals surface area contributed by atoms with E-state index in [1.807, 2.05) is 73.7 Å². The predicted octanol–water partition coefficient (Wildman–Crippen LogP) is 5.20. The van der Waals surface area contributed by atoms with Crippen LogP contribution >= 0.6 is 0 Å². The maximum Gasteiger partial charge on any atom is 0.408 e. The monoisotopic (exact) mass is 533 g/mol. The molecule has 0 saturated carbocycles. The fourth-order valence-electron chi connectivity index (χ4n) is 4.35. The molecule has 0 fully saturated rings. The van der Waals surface area contributed by atoms with Crippen molar-refractivity contribution in [1.29, 1.82) is 0 Å². The van der Waals surface area contributed by atoms with E-state index < -0.39 is 48.2 Å². The lowest BCUT2D eigenvalue weighted by molar-refractivity contribution is -0.143. The second-order valence-electron chi connectivity index (χ2n) is 10.8. The van der Waals surface area contributed by atoms with Gasteiger partial charge >= 0.3 is 6.09 Å². The summed E-state index contributed by atoms with van der Waals surface area (Å²) in [5, 5.41) is 17.5. The van der Waals surface area contributed by atoms with Crippen molar-refractivity contribution < 1.29 is 24.2 Å². The van der Waals surface area contributed by atoms with Gasteiger partial charge in [-0.1, -0.05) is 61.5 Å². The van der Waals surface area contributed by atoms with Crippen molar-refractivity contribution in [2.75, 3.05) is 11.9 Å². The van der Waals surface area contributed by atoms with Crippen LogP contribution < -0.4 is 10.6 Å². The topological polar surface area (TPSA) is 108 Å². The lowest BCUT2D eigenvalue weighted by atomic mass is 9.99. The third-order valence-electron chi connectivity index (χ3n) is 6.23. The number of aliphatic hydroxyl groups excluding tert-OH is 1. The summed E-state index contributed by atoms with van der Waals surface area (Å²) in [6.45, 7) is 10.1. The Bertz CT molecular complexity index is 1300. The lowest BCUT2D eigenvalue weighted by Crippen LogP contribution is -2.55. The molecule has 0 saturated heterocycles. The molecule has 3 aromatic carbocycles. The van der Waals surface area contributed by atoms with Crippen LogP contribution in [0.1, 0.15) is 58.7 Å². The minimum Gasteiger partial charge on any atom is -0.444 e. The molecule has 0 heterocycles. The summed E-state index contributed by atoms with van der Waals surface area (Å²) in [5.74, 6) is -1.01. The van der Waals surface area contributed by atoms with Crippen LogP contribution in [-0.2, 0) is 20.7 Å². The van der Waals surface area contributed by atoms with Gasteiger partial charge in [-0.15, -0.1) is 0 Å². The maximum absolute atomic E-state index is 13.9. The Morgan fingerprint density at radius 3 is 2.15 bits per heavy atom. The van der Waals surface area contributed by atoms with E-state index in [2.05, 4.69) is 10.6 Å². The van der Waals surface area contributed by atoms with Gasteiger partial charge in [0.1, 0.15) is 17.7 Å². The van der Waals surface area contributed by atoms with Gasteiger partial charge in [-0.2, -0.15) is 0 Å². The molecule has 0 spiro atoms. The highest BCUT2D eigenvalue weighted by molar-refractivity contribution is 6.00. The van der Waals surface area contributed by atoms with Crippen molar-refractivity contribution in [3.05, 3.63) is 77.9 Å². The summed E-state index contributed by atoms with van der Waals surface area (Å²) >= 11 is 0. The van der Waals surface area contributed by atoms with E-state index in [0.29, 0.717) is 11.3 Å². The van der Waals surface area contributed by atoms with Crippen molar-refractivity contribution in [3.63, 3.8) is 0 Å². The number of anilines is 1. The number of aliphatic hydroxyl groups is 1. The van der Waals surface area contributed by atoms with Crippen LogP contribution in [0.4, 0.5) is 10.5 Å². The van der Waals surface area contributed by atoms with E-state index in [1.165, 1.54) is 4.90 Å². The summed E-state index contributed by atoms with van der Waals surface area (Å²) in [6, 6.07) is 18.2. The molecule has 208 valence electrons. The van der Waals surface area contributed by atoms with E-state index in [1.54, 1.807) is 34.6 Å². The standard InChI is InChI=1S/C31H39N3O5/c1-7-21-12-14-23(15-13-21)27(28(36)32-25-17-16-22-10-8-9-11-24(22)18-25)34(20(2)3)29(37)26(19-35)33-30(38)39-31(4,5)6/h8-18,20,26-27,35H,7,19H2,1-6H3,(H,32,36)(H,33,38). The largest absolute Gasteiger partial charge is 0.444 e. The molecule has 0 aliphatic rings. The molecule has 3 aromatic rings. The van der Waals surface area contributed by atoms with Crippen LogP contribution in [0.25, 0.3) is 10.8 Å². The molecular weight excluding hydrogens is 494 g/mol. The number of nitrogens with one attached hydrogen (secondary N) is 2. The minimum absolute atomic E-state index is 0.412. The highest BCUT2D eigenvalue weighted by atomic mass is 16.6. The summed E-state index contributed by atoms with van der Waals surface area (Å²) < 4.78 is 5.28. The van der Waals surface area contributed by atoms with Gasteiger partial charge in [0.05, 0.1) is 6.61 Å². The first-order chi connectivity index (χ1) is 18.4. The van der Waals surface area contributed by atoms with Crippen LogP contribution in [0.3, 0.4) is 0 Å². The Morgan fingerprint density at radius 2 is 1.59 bits per heavy atom. The number of hydrogen-bond donors (Lipinski definition) is 3. The Hall–Kier alpha value is -3.91. The zero-order valence-corrected chi connectivity index (χ0v) is 23.5. The van der Waals surface area contributed by atoms with Gasteiger partial charge in [0.2, 0.25) is 5.91 Å².